The molecule has 1 aromatic rings. The molecule has 2 aliphatic rings. The first-order valence-corrected chi connectivity index (χ1v) is 8.57. The summed E-state index contributed by atoms with van der Waals surface area (Å²) in [6.07, 6.45) is 3.83. The summed E-state index contributed by atoms with van der Waals surface area (Å²) in [4.78, 5) is 28.5. The van der Waals surface area contributed by atoms with Crippen molar-refractivity contribution in [1.82, 2.24) is 19.8 Å². The lowest BCUT2D eigenvalue weighted by molar-refractivity contribution is -0.137. The van der Waals surface area contributed by atoms with Crippen LogP contribution in [0, 0.1) is 19.8 Å². The Bertz CT molecular complexity index is 568. The smallest absolute Gasteiger partial charge is 0.227 e. The summed E-state index contributed by atoms with van der Waals surface area (Å²) in [6.45, 7) is 9.36. The Hall–Kier alpha value is -1.69. The van der Waals surface area contributed by atoms with Crippen LogP contribution >= 0.6 is 0 Å². The van der Waals surface area contributed by atoms with E-state index in [1.807, 2.05) is 18.7 Å². The van der Waals surface area contributed by atoms with E-state index in [9.17, 15) is 4.79 Å². The normalized spacial score (nSPS) is 23.2. The summed E-state index contributed by atoms with van der Waals surface area (Å²) in [6, 6.07) is 0. The van der Waals surface area contributed by atoms with E-state index >= 15 is 0 Å². The molecule has 1 amide bonds. The average Bonchev–Trinajstić information content (AvgIpc) is 2.57. The van der Waals surface area contributed by atoms with E-state index in [0.717, 1.165) is 69.3 Å². The third-order valence-corrected chi connectivity index (χ3v) is 4.94. The largest absolute Gasteiger partial charge is 0.354 e. The van der Waals surface area contributed by atoms with Gasteiger partial charge in [0.2, 0.25) is 5.91 Å². The van der Waals surface area contributed by atoms with Crippen molar-refractivity contribution in [2.75, 3.05) is 51.2 Å². The molecule has 0 aromatic carbocycles. The van der Waals surface area contributed by atoms with Gasteiger partial charge in [-0.05, 0) is 33.7 Å². The molecule has 0 radical (unpaired) electrons. The zero-order valence-electron chi connectivity index (χ0n) is 14.5. The number of rotatable bonds is 2. The monoisotopic (exact) mass is 317 g/mol. The van der Waals surface area contributed by atoms with Gasteiger partial charge in [-0.2, -0.15) is 0 Å². The van der Waals surface area contributed by atoms with E-state index in [-0.39, 0.29) is 5.92 Å². The van der Waals surface area contributed by atoms with Gasteiger partial charge in [0, 0.05) is 45.5 Å². The minimum Gasteiger partial charge on any atom is -0.354 e. The van der Waals surface area contributed by atoms with Crippen molar-refractivity contribution in [2.45, 2.75) is 26.7 Å². The SMILES string of the molecule is Cc1cnc(C)c(N2CCC[C@H](C(=O)N3CCN(C)CC3)C2)n1. The minimum atomic E-state index is 0.0915. The van der Waals surface area contributed by atoms with Crippen molar-refractivity contribution in [3.63, 3.8) is 0 Å². The molecule has 23 heavy (non-hydrogen) atoms. The van der Waals surface area contributed by atoms with Crippen molar-refractivity contribution in [1.29, 1.82) is 0 Å². The molecule has 0 spiro atoms. The molecule has 0 aliphatic carbocycles. The van der Waals surface area contributed by atoms with Crippen LogP contribution in [-0.4, -0.2) is 72.0 Å². The Morgan fingerprint density at radius 2 is 1.91 bits per heavy atom. The number of carbonyl (C=O) groups is 1. The molecule has 0 bridgehead atoms. The third kappa shape index (κ3) is 3.63. The van der Waals surface area contributed by atoms with E-state index in [0.29, 0.717) is 5.91 Å². The van der Waals surface area contributed by atoms with Crippen LogP contribution in [0.15, 0.2) is 6.20 Å². The molecule has 0 unspecified atom stereocenters. The van der Waals surface area contributed by atoms with Crippen molar-refractivity contribution in [3.8, 4) is 0 Å². The third-order valence-electron chi connectivity index (χ3n) is 4.94. The lowest BCUT2D eigenvalue weighted by Gasteiger charge is -2.38. The number of piperidine rings is 1. The van der Waals surface area contributed by atoms with Gasteiger partial charge < -0.3 is 14.7 Å². The zero-order chi connectivity index (χ0) is 16.4. The molecular weight excluding hydrogens is 290 g/mol. The maximum Gasteiger partial charge on any atom is 0.227 e. The number of aryl methyl sites for hydroxylation is 2. The standard InChI is InChI=1S/C17H27N5O/c1-13-11-18-14(2)16(19-13)22-6-4-5-15(12-22)17(23)21-9-7-20(3)8-10-21/h11,15H,4-10,12H2,1-3H3/t15-/m0/s1. The number of aromatic nitrogens is 2. The molecule has 3 rings (SSSR count). The predicted molar refractivity (Wildman–Crippen MR) is 90.5 cm³/mol. The number of amides is 1. The highest BCUT2D eigenvalue weighted by atomic mass is 16.2. The van der Waals surface area contributed by atoms with Crippen LogP contribution in [0.5, 0.6) is 0 Å². The fraction of sp³-hybridized carbons (Fsp3) is 0.706. The molecular formula is C17H27N5O. The molecule has 2 aliphatic heterocycles. The molecule has 3 heterocycles. The van der Waals surface area contributed by atoms with Gasteiger partial charge >= 0.3 is 0 Å². The average molecular weight is 317 g/mol. The second-order valence-corrected chi connectivity index (χ2v) is 6.83. The van der Waals surface area contributed by atoms with E-state index < -0.39 is 0 Å². The summed E-state index contributed by atoms with van der Waals surface area (Å²) in [5.74, 6) is 1.36. The molecule has 1 aromatic heterocycles. The van der Waals surface area contributed by atoms with E-state index in [4.69, 9.17) is 0 Å². The zero-order valence-corrected chi connectivity index (χ0v) is 14.5. The van der Waals surface area contributed by atoms with Gasteiger partial charge in [0.1, 0.15) is 5.82 Å². The van der Waals surface area contributed by atoms with E-state index in [2.05, 4.69) is 26.8 Å². The van der Waals surface area contributed by atoms with Gasteiger partial charge in [0.15, 0.2) is 0 Å². The first kappa shape index (κ1) is 16.2. The number of hydrogen-bond acceptors (Lipinski definition) is 5. The van der Waals surface area contributed by atoms with Gasteiger partial charge in [0.05, 0.1) is 17.3 Å². The van der Waals surface area contributed by atoms with Gasteiger partial charge in [0.25, 0.3) is 0 Å². The highest BCUT2D eigenvalue weighted by molar-refractivity contribution is 5.80. The van der Waals surface area contributed by atoms with Crippen LogP contribution in [0.2, 0.25) is 0 Å². The van der Waals surface area contributed by atoms with Crippen molar-refractivity contribution >= 4 is 11.7 Å². The summed E-state index contributed by atoms with van der Waals surface area (Å²) >= 11 is 0. The number of nitrogens with zero attached hydrogens (tertiary/aromatic N) is 5. The molecule has 1 atom stereocenters. The van der Waals surface area contributed by atoms with Gasteiger partial charge in [-0.15, -0.1) is 0 Å². The van der Waals surface area contributed by atoms with Crippen LogP contribution in [0.1, 0.15) is 24.2 Å². The van der Waals surface area contributed by atoms with Crippen molar-refractivity contribution in [2.24, 2.45) is 5.92 Å². The van der Waals surface area contributed by atoms with Crippen molar-refractivity contribution < 1.29 is 4.79 Å². The first-order chi connectivity index (χ1) is 11.0. The summed E-state index contributed by atoms with van der Waals surface area (Å²) in [5.41, 5.74) is 1.88. The lowest BCUT2D eigenvalue weighted by atomic mass is 9.96. The highest BCUT2D eigenvalue weighted by Gasteiger charge is 2.31. The lowest BCUT2D eigenvalue weighted by Crippen LogP contribution is -2.51. The van der Waals surface area contributed by atoms with Crippen LogP contribution in [0.25, 0.3) is 0 Å². The topological polar surface area (TPSA) is 52.6 Å². The predicted octanol–water partition coefficient (Wildman–Crippen LogP) is 1.08. The second kappa shape index (κ2) is 6.83. The van der Waals surface area contributed by atoms with Gasteiger partial charge in [-0.3, -0.25) is 9.78 Å². The Morgan fingerprint density at radius 3 is 2.65 bits per heavy atom. The minimum absolute atomic E-state index is 0.0915. The molecule has 126 valence electrons. The summed E-state index contributed by atoms with van der Waals surface area (Å²) in [7, 11) is 2.11. The fourth-order valence-electron chi connectivity index (χ4n) is 3.48. The second-order valence-electron chi connectivity index (χ2n) is 6.83. The number of hydrogen-bond donors (Lipinski definition) is 0. The van der Waals surface area contributed by atoms with Crippen LogP contribution in [0.3, 0.4) is 0 Å². The highest BCUT2D eigenvalue weighted by Crippen LogP contribution is 2.25. The summed E-state index contributed by atoms with van der Waals surface area (Å²) < 4.78 is 0. The maximum absolute atomic E-state index is 12.8. The first-order valence-electron chi connectivity index (χ1n) is 8.57. The molecule has 0 saturated carbocycles. The molecule has 0 N–H and O–H groups in total. The Kier molecular flexibility index (Phi) is 4.80. The Labute approximate surface area is 138 Å². The fourth-order valence-corrected chi connectivity index (χ4v) is 3.48. The molecule has 2 saturated heterocycles. The quantitative estimate of drug-likeness (QED) is 0.817. The number of carbonyl (C=O) groups excluding carboxylic acids is 1. The Morgan fingerprint density at radius 1 is 1.17 bits per heavy atom. The number of piperazine rings is 1. The Balaban J connectivity index is 1.68. The molecule has 2 fully saturated rings. The van der Waals surface area contributed by atoms with Crippen LogP contribution < -0.4 is 4.90 Å². The van der Waals surface area contributed by atoms with Crippen molar-refractivity contribution in [3.05, 3.63) is 17.6 Å². The molecule has 6 heteroatoms. The number of likely N-dealkylation sites (N-methyl/N-ethyl adjacent to an activating group) is 1. The van der Waals surface area contributed by atoms with E-state index in [1.165, 1.54) is 0 Å². The van der Waals surface area contributed by atoms with Gasteiger partial charge in [-0.1, -0.05) is 0 Å². The molecule has 6 nitrogen and oxygen atoms in total. The maximum atomic E-state index is 12.8. The van der Waals surface area contributed by atoms with Crippen LogP contribution in [-0.2, 0) is 4.79 Å². The van der Waals surface area contributed by atoms with Crippen LogP contribution in [0.4, 0.5) is 5.82 Å². The van der Waals surface area contributed by atoms with Gasteiger partial charge in [-0.25, -0.2) is 4.98 Å². The summed E-state index contributed by atoms with van der Waals surface area (Å²) in [5, 5.41) is 0. The number of anilines is 1. The van der Waals surface area contributed by atoms with E-state index in [1.54, 1.807) is 6.20 Å².